The largest absolute Gasteiger partial charge is 0.444 e. The lowest BCUT2D eigenvalue weighted by molar-refractivity contribution is 0.0491. The van der Waals surface area contributed by atoms with E-state index in [0.717, 1.165) is 31.3 Å². The molecule has 1 aliphatic rings. The molecule has 7 heteroatoms. The maximum absolute atomic E-state index is 11.9. The van der Waals surface area contributed by atoms with Gasteiger partial charge in [0.25, 0.3) is 0 Å². The number of nitrogens with zero attached hydrogens (tertiary/aromatic N) is 2. The van der Waals surface area contributed by atoms with E-state index in [1.807, 2.05) is 33.0 Å². The van der Waals surface area contributed by atoms with Gasteiger partial charge in [-0.1, -0.05) is 0 Å². The van der Waals surface area contributed by atoms with Crippen LogP contribution in [0.15, 0.2) is 24.5 Å². The van der Waals surface area contributed by atoms with Crippen LogP contribution in [0.1, 0.15) is 57.9 Å². The first kappa shape index (κ1) is 18.8. The third-order valence-electron chi connectivity index (χ3n) is 4.52. The van der Waals surface area contributed by atoms with E-state index in [-0.39, 0.29) is 12.1 Å². The highest BCUT2D eigenvalue weighted by Crippen LogP contribution is 2.38. The molecule has 0 unspecified atom stereocenters. The zero-order chi connectivity index (χ0) is 18.0. The Bertz CT molecular complexity index is 748. The van der Waals surface area contributed by atoms with E-state index in [1.54, 1.807) is 9.12 Å². The Morgan fingerprint density at radius 2 is 2.08 bits per heavy atom. The first-order valence-corrected chi connectivity index (χ1v) is 11.9. The lowest BCUT2D eigenvalue weighted by atomic mass is 9.82. The molecule has 0 saturated heterocycles. The van der Waals surface area contributed by atoms with Gasteiger partial charge in [0.05, 0.1) is 0 Å². The summed E-state index contributed by atoms with van der Waals surface area (Å²) in [6, 6.07) is 4.37. The van der Waals surface area contributed by atoms with Crippen LogP contribution in [0.4, 0.5) is 4.79 Å². The first-order valence-electron chi connectivity index (χ1n) is 8.62. The molecule has 25 heavy (non-hydrogen) atoms. The van der Waals surface area contributed by atoms with Crippen molar-refractivity contribution in [2.75, 3.05) is 0 Å². The molecule has 1 saturated carbocycles. The van der Waals surface area contributed by atoms with Crippen molar-refractivity contribution in [3.05, 3.63) is 30.1 Å². The summed E-state index contributed by atoms with van der Waals surface area (Å²) in [5.41, 5.74) is 1.96. The Balaban J connectivity index is 1.64. The molecule has 5 nitrogen and oxygen atoms in total. The summed E-state index contributed by atoms with van der Waals surface area (Å²) >= 11 is 2.29. The number of ether oxygens (including phenoxy) is 1. The third-order valence-corrected chi connectivity index (χ3v) is 6.23. The first-order chi connectivity index (χ1) is 11.9. The van der Waals surface area contributed by atoms with Crippen molar-refractivity contribution in [2.24, 2.45) is 0 Å². The van der Waals surface area contributed by atoms with E-state index in [9.17, 15) is 4.79 Å². The minimum Gasteiger partial charge on any atom is -0.444 e. The minimum absolute atomic E-state index is 0.205. The second-order valence-corrected chi connectivity index (χ2v) is 9.26. The van der Waals surface area contributed by atoms with Gasteiger partial charge in [0.1, 0.15) is 5.60 Å². The SMILES string of the molecule is CC(C)(C)OC(=O)NC1CCC(c2cn(SI)c3ncccc23)CC1. The number of pyridine rings is 1. The van der Waals surface area contributed by atoms with E-state index in [2.05, 4.69) is 47.7 Å². The fraction of sp³-hybridized carbons (Fsp3) is 0.556. The van der Waals surface area contributed by atoms with Crippen LogP contribution < -0.4 is 5.32 Å². The average Bonchev–Trinajstić information content (AvgIpc) is 2.93. The Labute approximate surface area is 165 Å². The van der Waals surface area contributed by atoms with Crippen molar-refractivity contribution in [1.29, 1.82) is 0 Å². The van der Waals surface area contributed by atoms with Crippen molar-refractivity contribution in [3.8, 4) is 0 Å². The summed E-state index contributed by atoms with van der Waals surface area (Å²) in [5, 5.41) is 4.26. The normalized spacial score (nSPS) is 21.3. The monoisotopic (exact) mass is 473 g/mol. The summed E-state index contributed by atoms with van der Waals surface area (Å²) in [5.74, 6) is 0.521. The standard InChI is InChI=1S/C18H24IN3O2S/c1-18(2,3)24-17(23)21-13-8-6-12(7-9-13)15-11-22(25-19)16-14(15)5-4-10-20-16/h4-5,10-13H,6-9H2,1-3H3,(H,21,23). The molecule has 1 N–H and O–H groups in total. The Morgan fingerprint density at radius 3 is 2.72 bits per heavy atom. The van der Waals surface area contributed by atoms with Crippen LogP contribution in [-0.2, 0) is 4.74 Å². The van der Waals surface area contributed by atoms with Gasteiger partial charge in [-0.25, -0.2) is 9.78 Å². The number of fused-ring (bicyclic) bond motifs is 1. The van der Waals surface area contributed by atoms with Gasteiger partial charge in [0.2, 0.25) is 0 Å². The van der Waals surface area contributed by atoms with E-state index in [4.69, 9.17) is 4.74 Å². The van der Waals surface area contributed by atoms with E-state index >= 15 is 0 Å². The number of carbonyl (C=O) groups excluding carboxylic acids is 1. The summed E-state index contributed by atoms with van der Waals surface area (Å²) in [7, 11) is 1.65. The van der Waals surface area contributed by atoms with E-state index < -0.39 is 5.60 Å². The third kappa shape index (κ3) is 4.61. The van der Waals surface area contributed by atoms with Crippen molar-refractivity contribution in [1.82, 2.24) is 14.3 Å². The fourth-order valence-electron chi connectivity index (χ4n) is 3.46. The molecular weight excluding hydrogens is 449 g/mol. The Morgan fingerprint density at radius 1 is 1.36 bits per heavy atom. The molecular formula is C18H24IN3O2S. The number of carbonyl (C=O) groups is 1. The van der Waals surface area contributed by atoms with Crippen molar-refractivity contribution in [2.45, 2.75) is 64.0 Å². The van der Waals surface area contributed by atoms with Gasteiger partial charge in [-0.15, -0.1) is 0 Å². The summed E-state index contributed by atoms with van der Waals surface area (Å²) in [6.07, 6.45) is 7.86. The van der Waals surface area contributed by atoms with Crippen LogP contribution in [0.5, 0.6) is 0 Å². The molecule has 0 radical (unpaired) electrons. The molecule has 0 spiro atoms. The summed E-state index contributed by atoms with van der Waals surface area (Å²) in [4.78, 5) is 16.5. The highest BCUT2D eigenvalue weighted by atomic mass is 127. The topological polar surface area (TPSA) is 56.1 Å². The quantitative estimate of drug-likeness (QED) is 0.604. The van der Waals surface area contributed by atoms with Crippen LogP contribution in [0.3, 0.4) is 0 Å². The molecule has 136 valence electrons. The van der Waals surface area contributed by atoms with Crippen molar-refractivity contribution < 1.29 is 9.53 Å². The Hall–Kier alpha value is -0.960. The van der Waals surface area contributed by atoms with Crippen LogP contribution in [0, 0.1) is 0 Å². The molecule has 0 atom stereocenters. The molecule has 1 fully saturated rings. The zero-order valence-corrected chi connectivity index (χ0v) is 17.8. The number of nitrogens with one attached hydrogen (secondary N) is 1. The van der Waals surface area contributed by atoms with Gasteiger partial charge in [0, 0.05) is 54.1 Å². The molecule has 0 bridgehead atoms. The Kier molecular flexibility index (Phi) is 5.82. The highest BCUT2D eigenvalue weighted by Gasteiger charge is 2.27. The molecule has 0 aromatic carbocycles. The van der Waals surface area contributed by atoms with Gasteiger partial charge in [-0.05, 0) is 70.1 Å². The molecule has 2 aromatic rings. The number of halogens is 1. The second kappa shape index (κ2) is 7.73. The minimum atomic E-state index is -0.451. The lowest BCUT2D eigenvalue weighted by Crippen LogP contribution is -2.40. The molecule has 2 aromatic heterocycles. The number of amides is 1. The maximum atomic E-state index is 11.9. The van der Waals surface area contributed by atoms with E-state index in [0.29, 0.717) is 5.92 Å². The zero-order valence-electron chi connectivity index (χ0n) is 14.8. The molecule has 0 aliphatic heterocycles. The van der Waals surface area contributed by atoms with Gasteiger partial charge in [-0.3, -0.25) is 3.97 Å². The number of rotatable bonds is 3. The number of hydrogen-bond donors (Lipinski definition) is 1. The summed E-state index contributed by atoms with van der Waals surface area (Å²) < 4.78 is 7.50. The molecule has 2 heterocycles. The number of alkyl carbamates (subject to hydrolysis) is 1. The molecule has 1 amide bonds. The van der Waals surface area contributed by atoms with Gasteiger partial charge >= 0.3 is 6.09 Å². The van der Waals surface area contributed by atoms with Gasteiger partial charge < -0.3 is 10.1 Å². The molecule has 3 rings (SSSR count). The van der Waals surface area contributed by atoms with Crippen LogP contribution in [-0.4, -0.2) is 26.7 Å². The van der Waals surface area contributed by atoms with Gasteiger partial charge in [0.15, 0.2) is 5.65 Å². The van der Waals surface area contributed by atoms with Crippen molar-refractivity contribution in [3.63, 3.8) is 0 Å². The van der Waals surface area contributed by atoms with Crippen molar-refractivity contribution >= 4 is 47.5 Å². The highest BCUT2D eigenvalue weighted by molar-refractivity contribution is 14.2. The van der Waals surface area contributed by atoms with Crippen LogP contribution in [0.25, 0.3) is 11.0 Å². The fourth-order valence-corrected chi connectivity index (χ4v) is 4.72. The van der Waals surface area contributed by atoms with Crippen LogP contribution >= 0.6 is 30.3 Å². The smallest absolute Gasteiger partial charge is 0.407 e. The average molecular weight is 473 g/mol. The van der Waals surface area contributed by atoms with Gasteiger partial charge in [-0.2, -0.15) is 0 Å². The van der Waals surface area contributed by atoms with E-state index in [1.165, 1.54) is 10.9 Å². The van der Waals surface area contributed by atoms with Crippen LogP contribution in [0.2, 0.25) is 0 Å². The number of hydrogen-bond acceptors (Lipinski definition) is 4. The maximum Gasteiger partial charge on any atom is 0.407 e. The lowest BCUT2D eigenvalue weighted by Gasteiger charge is -2.30. The number of aromatic nitrogens is 2. The molecule has 1 aliphatic carbocycles. The summed E-state index contributed by atoms with van der Waals surface area (Å²) in [6.45, 7) is 5.66. The predicted molar refractivity (Wildman–Crippen MR) is 111 cm³/mol. The second-order valence-electron chi connectivity index (χ2n) is 7.55. The predicted octanol–water partition coefficient (Wildman–Crippen LogP) is 5.43.